The molecule has 28 heavy (non-hydrogen) atoms. The van der Waals surface area contributed by atoms with Gasteiger partial charge >= 0.3 is 5.97 Å². The second-order valence-corrected chi connectivity index (χ2v) is 7.38. The molecule has 0 saturated heterocycles. The molecule has 6 nitrogen and oxygen atoms in total. The summed E-state index contributed by atoms with van der Waals surface area (Å²) in [5.74, 6) is -0.783. The molecule has 0 spiro atoms. The van der Waals surface area contributed by atoms with E-state index in [1.54, 1.807) is 0 Å². The molecule has 1 aliphatic rings. The number of para-hydroxylation sites is 1. The molecular weight excluding hydrogens is 354 g/mol. The first-order valence-electron chi connectivity index (χ1n) is 9.56. The standard InChI is InChI=1S/C22H21N3O3/c26-22(27)8-6-16-12-17-14-24(9-10-25(17)23-16)13-15-5-7-21-19(11-15)18-3-1-2-4-20(18)28-21/h1-5,7,11-12H,6,8-10,13-14H2,(H,26,27). The molecule has 0 unspecified atom stereocenters. The zero-order valence-corrected chi connectivity index (χ0v) is 15.5. The third kappa shape index (κ3) is 3.16. The van der Waals surface area contributed by atoms with Gasteiger partial charge in [-0.25, -0.2) is 0 Å². The third-order valence-corrected chi connectivity index (χ3v) is 5.37. The molecule has 4 aromatic rings. The van der Waals surface area contributed by atoms with Crippen LogP contribution in [0.2, 0.25) is 0 Å². The molecule has 0 radical (unpaired) electrons. The minimum absolute atomic E-state index is 0.124. The second kappa shape index (κ2) is 6.80. The zero-order valence-electron chi connectivity index (χ0n) is 15.5. The van der Waals surface area contributed by atoms with Gasteiger partial charge in [-0.2, -0.15) is 5.10 Å². The Bertz CT molecular complexity index is 1170. The molecule has 0 aliphatic carbocycles. The lowest BCUT2D eigenvalue weighted by Gasteiger charge is -2.27. The lowest BCUT2D eigenvalue weighted by molar-refractivity contribution is -0.136. The van der Waals surface area contributed by atoms with Gasteiger partial charge in [0.25, 0.3) is 0 Å². The number of rotatable bonds is 5. The topological polar surface area (TPSA) is 71.5 Å². The Balaban J connectivity index is 1.34. The van der Waals surface area contributed by atoms with Gasteiger partial charge in [0.2, 0.25) is 0 Å². The van der Waals surface area contributed by atoms with E-state index in [2.05, 4.69) is 34.3 Å². The van der Waals surface area contributed by atoms with Crippen LogP contribution >= 0.6 is 0 Å². The molecule has 1 N–H and O–H groups in total. The Morgan fingerprint density at radius 2 is 1.93 bits per heavy atom. The van der Waals surface area contributed by atoms with Crippen molar-refractivity contribution in [1.29, 1.82) is 0 Å². The van der Waals surface area contributed by atoms with Gasteiger partial charge in [0.15, 0.2) is 0 Å². The number of carboxylic acid groups (broad SMARTS) is 1. The van der Waals surface area contributed by atoms with Gasteiger partial charge < -0.3 is 9.52 Å². The molecule has 0 bridgehead atoms. The molecular formula is C22H21N3O3. The molecule has 142 valence electrons. The van der Waals surface area contributed by atoms with Crippen molar-refractivity contribution in [2.75, 3.05) is 6.54 Å². The first kappa shape index (κ1) is 17.0. The van der Waals surface area contributed by atoms with Crippen molar-refractivity contribution in [3.63, 3.8) is 0 Å². The quantitative estimate of drug-likeness (QED) is 0.574. The summed E-state index contributed by atoms with van der Waals surface area (Å²) in [4.78, 5) is 13.2. The average Bonchev–Trinajstić information content (AvgIpc) is 3.26. The van der Waals surface area contributed by atoms with E-state index in [4.69, 9.17) is 9.52 Å². The van der Waals surface area contributed by atoms with E-state index >= 15 is 0 Å². The fourth-order valence-electron chi connectivity index (χ4n) is 4.00. The molecule has 3 heterocycles. The van der Waals surface area contributed by atoms with Gasteiger partial charge in [0, 0.05) is 36.8 Å². The maximum absolute atomic E-state index is 10.8. The predicted molar refractivity (Wildman–Crippen MR) is 106 cm³/mol. The van der Waals surface area contributed by atoms with Gasteiger partial charge in [-0.1, -0.05) is 24.3 Å². The minimum atomic E-state index is -0.783. The lowest BCUT2D eigenvalue weighted by atomic mass is 10.1. The molecule has 2 aromatic carbocycles. The Kier molecular flexibility index (Phi) is 4.13. The highest BCUT2D eigenvalue weighted by atomic mass is 16.4. The smallest absolute Gasteiger partial charge is 0.303 e. The molecule has 0 fully saturated rings. The van der Waals surface area contributed by atoms with Gasteiger partial charge in [0.1, 0.15) is 11.2 Å². The summed E-state index contributed by atoms with van der Waals surface area (Å²) < 4.78 is 7.93. The fourth-order valence-corrected chi connectivity index (χ4v) is 4.00. The number of aromatic nitrogens is 2. The average molecular weight is 375 g/mol. The van der Waals surface area contributed by atoms with E-state index in [0.29, 0.717) is 6.42 Å². The van der Waals surface area contributed by atoms with E-state index < -0.39 is 5.97 Å². The Hall–Kier alpha value is -3.12. The number of furan rings is 1. The van der Waals surface area contributed by atoms with Crippen LogP contribution in [0.4, 0.5) is 0 Å². The number of aliphatic carboxylic acids is 1. The number of carboxylic acids is 1. The number of carbonyl (C=O) groups is 1. The van der Waals surface area contributed by atoms with E-state index in [9.17, 15) is 4.79 Å². The maximum atomic E-state index is 10.8. The summed E-state index contributed by atoms with van der Waals surface area (Å²) in [5.41, 5.74) is 5.13. The number of fused-ring (bicyclic) bond motifs is 4. The summed E-state index contributed by atoms with van der Waals surface area (Å²) in [6.45, 7) is 3.45. The minimum Gasteiger partial charge on any atom is -0.481 e. The Labute approximate surface area is 162 Å². The monoisotopic (exact) mass is 375 g/mol. The molecule has 0 amide bonds. The van der Waals surface area contributed by atoms with Crippen molar-refractivity contribution in [3.05, 3.63) is 65.5 Å². The molecule has 6 heteroatoms. The van der Waals surface area contributed by atoms with Crippen molar-refractivity contribution in [2.45, 2.75) is 32.5 Å². The number of hydrogen-bond donors (Lipinski definition) is 1. The zero-order chi connectivity index (χ0) is 19.1. The van der Waals surface area contributed by atoms with Gasteiger partial charge in [-0.3, -0.25) is 14.4 Å². The second-order valence-electron chi connectivity index (χ2n) is 7.38. The highest BCUT2D eigenvalue weighted by Crippen LogP contribution is 2.29. The van der Waals surface area contributed by atoms with Crippen LogP contribution in [0.15, 0.2) is 52.9 Å². The molecule has 2 aromatic heterocycles. The highest BCUT2D eigenvalue weighted by molar-refractivity contribution is 6.04. The van der Waals surface area contributed by atoms with Crippen molar-refractivity contribution in [3.8, 4) is 0 Å². The van der Waals surface area contributed by atoms with E-state index in [1.165, 1.54) is 5.56 Å². The van der Waals surface area contributed by atoms with Crippen LogP contribution in [0.1, 0.15) is 23.4 Å². The SMILES string of the molecule is O=C(O)CCc1cc2n(n1)CCN(Cc1ccc3oc4ccccc4c3c1)C2. The van der Waals surface area contributed by atoms with E-state index in [-0.39, 0.29) is 6.42 Å². The van der Waals surface area contributed by atoms with Gasteiger partial charge in [-0.15, -0.1) is 0 Å². The Morgan fingerprint density at radius 3 is 2.82 bits per heavy atom. The van der Waals surface area contributed by atoms with Crippen LogP contribution in [0.5, 0.6) is 0 Å². The van der Waals surface area contributed by atoms with Crippen molar-refractivity contribution in [1.82, 2.24) is 14.7 Å². The highest BCUT2D eigenvalue weighted by Gasteiger charge is 2.19. The van der Waals surface area contributed by atoms with Crippen LogP contribution in [0.3, 0.4) is 0 Å². The normalized spacial score (nSPS) is 14.6. The lowest BCUT2D eigenvalue weighted by Crippen LogP contribution is -2.33. The van der Waals surface area contributed by atoms with Crippen LogP contribution in [-0.4, -0.2) is 32.3 Å². The van der Waals surface area contributed by atoms with Crippen LogP contribution in [-0.2, 0) is 30.8 Å². The third-order valence-electron chi connectivity index (χ3n) is 5.37. The summed E-state index contributed by atoms with van der Waals surface area (Å²) in [7, 11) is 0. The Morgan fingerprint density at radius 1 is 1.07 bits per heavy atom. The summed E-state index contributed by atoms with van der Waals surface area (Å²) in [6.07, 6.45) is 0.610. The van der Waals surface area contributed by atoms with Crippen molar-refractivity contribution < 1.29 is 14.3 Å². The molecule has 5 rings (SSSR count). The summed E-state index contributed by atoms with van der Waals surface area (Å²) >= 11 is 0. The van der Waals surface area contributed by atoms with Gasteiger partial charge in [-0.05, 0) is 29.8 Å². The number of nitrogens with zero attached hydrogens (tertiary/aromatic N) is 3. The largest absolute Gasteiger partial charge is 0.481 e. The van der Waals surface area contributed by atoms with Crippen LogP contribution in [0.25, 0.3) is 21.9 Å². The molecule has 1 aliphatic heterocycles. The van der Waals surface area contributed by atoms with Gasteiger partial charge in [0.05, 0.1) is 24.4 Å². The summed E-state index contributed by atoms with van der Waals surface area (Å²) in [5, 5.41) is 15.7. The first-order chi connectivity index (χ1) is 13.7. The predicted octanol–water partition coefficient (Wildman–Crippen LogP) is 3.82. The molecule has 0 saturated carbocycles. The number of aryl methyl sites for hydroxylation is 1. The fraction of sp³-hybridized carbons (Fsp3) is 0.273. The maximum Gasteiger partial charge on any atom is 0.303 e. The molecule has 0 atom stereocenters. The van der Waals surface area contributed by atoms with Crippen molar-refractivity contribution in [2.24, 2.45) is 0 Å². The van der Waals surface area contributed by atoms with Crippen molar-refractivity contribution >= 4 is 27.9 Å². The van der Waals surface area contributed by atoms with Crippen LogP contribution < -0.4 is 0 Å². The number of benzene rings is 2. The van der Waals surface area contributed by atoms with E-state index in [1.807, 2.05) is 28.9 Å². The summed E-state index contributed by atoms with van der Waals surface area (Å²) in [6, 6.07) is 16.6. The van der Waals surface area contributed by atoms with Crippen LogP contribution in [0, 0.1) is 0 Å². The first-order valence-corrected chi connectivity index (χ1v) is 9.56. The number of hydrogen-bond acceptors (Lipinski definition) is 4. The van der Waals surface area contributed by atoms with E-state index in [0.717, 1.165) is 59.5 Å².